The second-order valence-electron chi connectivity index (χ2n) is 6.34. The van der Waals surface area contributed by atoms with Crippen LogP contribution in [0.2, 0.25) is 5.02 Å². The van der Waals surface area contributed by atoms with Crippen LogP contribution in [0.25, 0.3) is 21.6 Å². The van der Waals surface area contributed by atoms with Gasteiger partial charge in [0.25, 0.3) is 0 Å². The summed E-state index contributed by atoms with van der Waals surface area (Å²) in [4.78, 5) is 22.5. The number of anilines is 1. The zero-order valence-electron chi connectivity index (χ0n) is 15.6. The quantitative estimate of drug-likeness (QED) is 0.254. The van der Waals surface area contributed by atoms with Crippen LogP contribution in [0.15, 0.2) is 65.0 Å². The number of thiophene rings is 1. The summed E-state index contributed by atoms with van der Waals surface area (Å²) in [6.07, 6.45) is -4.64. The normalized spacial score (nSPS) is 11.6. The molecule has 0 bridgehead atoms. The summed E-state index contributed by atoms with van der Waals surface area (Å²) in [6, 6.07) is 14.5. The van der Waals surface area contributed by atoms with E-state index < -0.39 is 23.3 Å². The van der Waals surface area contributed by atoms with Gasteiger partial charge in [0.05, 0.1) is 32.4 Å². The summed E-state index contributed by atoms with van der Waals surface area (Å²) in [6.45, 7) is 0. The van der Waals surface area contributed by atoms with E-state index in [4.69, 9.17) is 11.6 Å². The first kappa shape index (κ1) is 21.6. The van der Waals surface area contributed by atoms with E-state index in [1.165, 1.54) is 23.5 Å². The van der Waals surface area contributed by atoms with Crippen molar-refractivity contribution >= 4 is 57.2 Å². The Morgan fingerprint density at radius 3 is 2.61 bits per heavy atom. The molecule has 0 aliphatic heterocycles. The Morgan fingerprint density at radius 1 is 1.06 bits per heavy atom. The average Bonchev–Trinajstić information content (AvgIpc) is 3.27. The van der Waals surface area contributed by atoms with Crippen LogP contribution in [-0.2, 0) is 11.0 Å². The average molecular weight is 480 g/mol. The fraction of sp³-hybridized carbons (Fsp3) is 0.0952. The molecule has 0 saturated heterocycles. The predicted molar refractivity (Wildman–Crippen MR) is 119 cm³/mol. The van der Waals surface area contributed by atoms with E-state index in [9.17, 15) is 18.0 Å². The van der Waals surface area contributed by atoms with Gasteiger partial charge < -0.3 is 5.32 Å². The number of hydrogen-bond acceptors (Lipinski definition) is 5. The molecule has 0 radical (unpaired) electrons. The maximum Gasteiger partial charge on any atom is 0.418 e. The molecule has 4 nitrogen and oxygen atoms in total. The molecule has 0 aliphatic carbocycles. The molecule has 1 amide bonds. The van der Waals surface area contributed by atoms with E-state index in [1.54, 1.807) is 0 Å². The summed E-state index contributed by atoms with van der Waals surface area (Å²) in [5.41, 5.74) is -0.728. The number of benzene rings is 2. The lowest BCUT2D eigenvalue weighted by Gasteiger charge is -2.15. The minimum atomic E-state index is -4.64. The zero-order chi connectivity index (χ0) is 22.0. The lowest BCUT2D eigenvalue weighted by Crippen LogP contribution is -2.18. The fourth-order valence-electron chi connectivity index (χ4n) is 2.87. The van der Waals surface area contributed by atoms with E-state index in [1.807, 2.05) is 41.8 Å². The van der Waals surface area contributed by atoms with Gasteiger partial charge in [0, 0.05) is 5.39 Å². The van der Waals surface area contributed by atoms with Crippen molar-refractivity contribution in [3.8, 4) is 10.7 Å². The Balaban J connectivity index is 1.58. The highest BCUT2D eigenvalue weighted by atomic mass is 35.5. The van der Waals surface area contributed by atoms with Crippen LogP contribution in [0.1, 0.15) is 5.56 Å². The molecule has 2 aromatic heterocycles. The number of carbonyl (C=O) groups excluding carboxylic acids is 1. The minimum absolute atomic E-state index is 0.145. The van der Waals surface area contributed by atoms with Crippen LogP contribution in [0.3, 0.4) is 0 Å². The molecule has 2 heterocycles. The highest BCUT2D eigenvalue weighted by Crippen LogP contribution is 2.38. The first-order valence-corrected chi connectivity index (χ1v) is 11.2. The standard InChI is InChI=1S/C21H13ClF3N3OS2/c22-14-7-3-6-13(21(23,24)25)18(14)27-17(29)11-31-20-12-5-1-2-8-15(12)26-19(28-20)16-9-4-10-30-16/h1-10H,11H2,(H,27,29). The smallest absolute Gasteiger partial charge is 0.324 e. The van der Waals surface area contributed by atoms with Gasteiger partial charge in [0.15, 0.2) is 5.82 Å². The third-order valence-corrected chi connectivity index (χ3v) is 6.41. The second-order valence-corrected chi connectivity index (χ2v) is 8.66. The molecule has 31 heavy (non-hydrogen) atoms. The molecule has 158 valence electrons. The van der Waals surface area contributed by atoms with Crippen LogP contribution in [0.5, 0.6) is 0 Å². The van der Waals surface area contributed by atoms with Crippen LogP contribution < -0.4 is 5.32 Å². The summed E-state index contributed by atoms with van der Waals surface area (Å²) >= 11 is 8.53. The first-order chi connectivity index (χ1) is 14.8. The number of nitrogens with one attached hydrogen (secondary N) is 1. The van der Waals surface area contributed by atoms with Gasteiger partial charge >= 0.3 is 6.18 Å². The highest BCUT2D eigenvalue weighted by Gasteiger charge is 2.34. The van der Waals surface area contributed by atoms with Crippen molar-refractivity contribution in [1.29, 1.82) is 0 Å². The zero-order valence-corrected chi connectivity index (χ0v) is 18.0. The number of aromatic nitrogens is 2. The first-order valence-electron chi connectivity index (χ1n) is 8.92. The van der Waals surface area contributed by atoms with E-state index in [0.717, 1.165) is 28.1 Å². The molecule has 4 rings (SSSR count). The Bertz CT molecular complexity index is 1250. The Kier molecular flexibility index (Phi) is 6.17. The summed E-state index contributed by atoms with van der Waals surface area (Å²) in [5.74, 6) is -0.237. The van der Waals surface area contributed by atoms with Crippen LogP contribution in [-0.4, -0.2) is 21.6 Å². The van der Waals surface area contributed by atoms with Crippen LogP contribution in [0.4, 0.5) is 18.9 Å². The number of nitrogens with zero attached hydrogens (tertiary/aromatic N) is 2. The maximum absolute atomic E-state index is 13.3. The molecule has 0 fully saturated rings. The number of alkyl halides is 3. The van der Waals surface area contributed by atoms with Crippen molar-refractivity contribution in [2.24, 2.45) is 0 Å². The van der Waals surface area contributed by atoms with Gasteiger partial charge in [-0.1, -0.05) is 53.7 Å². The van der Waals surface area contributed by atoms with E-state index in [2.05, 4.69) is 15.3 Å². The minimum Gasteiger partial charge on any atom is -0.324 e. The number of carbonyl (C=O) groups is 1. The van der Waals surface area contributed by atoms with Crippen molar-refractivity contribution in [2.75, 3.05) is 11.1 Å². The Hall–Kier alpha value is -2.62. The summed E-state index contributed by atoms with van der Waals surface area (Å²) in [5, 5.41) is 5.35. The largest absolute Gasteiger partial charge is 0.418 e. The molecule has 0 saturated carbocycles. The number of halogens is 4. The second kappa shape index (κ2) is 8.86. The third-order valence-electron chi connectivity index (χ3n) is 4.23. The topological polar surface area (TPSA) is 54.9 Å². The maximum atomic E-state index is 13.3. The third kappa shape index (κ3) is 4.84. The molecular formula is C21H13ClF3N3OS2. The lowest BCUT2D eigenvalue weighted by molar-refractivity contribution is -0.137. The molecule has 0 aliphatic rings. The predicted octanol–water partition coefficient (Wildman–Crippen LogP) is 6.76. The number of para-hydroxylation sites is 2. The van der Waals surface area contributed by atoms with Gasteiger partial charge in [-0.15, -0.1) is 11.3 Å². The monoisotopic (exact) mass is 479 g/mol. The molecule has 10 heteroatoms. The molecule has 0 atom stereocenters. The molecule has 0 spiro atoms. The van der Waals surface area contributed by atoms with Crippen LogP contribution in [0, 0.1) is 0 Å². The number of thioether (sulfide) groups is 1. The van der Waals surface area contributed by atoms with Gasteiger partial charge in [0.1, 0.15) is 5.03 Å². The van der Waals surface area contributed by atoms with Gasteiger partial charge in [-0.2, -0.15) is 13.2 Å². The summed E-state index contributed by atoms with van der Waals surface area (Å²) < 4.78 is 39.8. The molecule has 2 aromatic carbocycles. The number of amides is 1. The number of hydrogen-bond donors (Lipinski definition) is 1. The fourth-order valence-corrected chi connectivity index (χ4v) is 4.57. The van der Waals surface area contributed by atoms with Crippen molar-refractivity contribution in [1.82, 2.24) is 9.97 Å². The van der Waals surface area contributed by atoms with Crippen molar-refractivity contribution in [2.45, 2.75) is 11.2 Å². The SMILES string of the molecule is O=C(CSc1nc(-c2cccs2)nc2ccccc12)Nc1c(Cl)cccc1C(F)(F)F. The highest BCUT2D eigenvalue weighted by molar-refractivity contribution is 8.00. The lowest BCUT2D eigenvalue weighted by atomic mass is 10.1. The van der Waals surface area contributed by atoms with Crippen molar-refractivity contribution < 1.29 is 18.0 Å². The van der Waals surface area contributed by atoms with Gasteiger partial charge in [-0.3, -0.25) is 4.79 Å². The molecule has 1 N–H and O–H groups in total. The van der Waals surface area contributed by atoms with E-state index in [-0.39, 0.29) is 10.8 Å². The van der Waals surface area contributed by atoms with Crippen molar-refractivity contribution in [3.05, 3.63) is 70.6 Å². The summed E-state index contributed by atoms with van der Waals surface area (Å²) in [7, 11) is 0. The molecule has 4 aromatic rings. The van der Waals surface area contributed by atoms with Crippen LogP contribution >= 0.6 is 34.7 Å². The Morgan fingerprint density at radius 2 is 1.87 bits per heavy atom. The van der Waals surface area contributed by atoms with Gasteiger partial charge in [-0.25, -0.2) is 9.97 Å². The molecular weight excluding hydrogens is 467 g/mol. The van der Waals surface area contributed by atoms with Gasteiger partial charge in [-0.05, 0) is 29.6 Å². The number of fused-ring (bicyclic) bond motifs is 1. The van der Waals surface area contributed by atoms with E-state index >= 15 is 0 Å². The molecule has 0 unspecified atom stereocenters. The number of rotatable bonds is 5. The Labute approximate surface area is 188 Å². The van der Waals surface area contributed by atoms with Crippen molar-refractivity contribution in [3.63, 3.8) is 0 Å². The van der Waals surface area contributed by atoms with E-state index in [0.29, 0.717) is 16.4 Å². The van der Waals surface area contributed by atoms with Gasteiger partial charge in [0.2, 0.25) is 5.91 Å².